The lowest BCUT2D eigenvalue weighted by atomic mass is 10.1. The summed E-state index contributed by atoms with van der Waals surface area (Å²) in [7, 11) is 1.60. The van der Waals surface area contributed by atoms with Crippen LogP contribution in [0.2, 0.25) is 0 Å². The Labute approximate surface area is 156 Å². The van der Waals surface area contributed by atoms with E-state index in [2.05, 4.69) is 15.6 Å². The SMILES string of the molecule is CCn1nc(C(=O)N/N=C(\C)c2ccc(OC)cc2)c2ccccc2c1=O. The molecule has 0 saturated carbocycles. The molecule has 1 aromatic heterocycles. The normalized spacial score (nSPS) is 11.4. The monoisotopic (exact) mass is 364 g/mol. The van der Waals surface area contributed by atoms with Crippen LogP contribution in [0, 0.1) is 0 Å². The molecule has 7 heteroatoms. The van der Waals surface area contributed by atoms with Gasteiger partial charge in [-0.25, -0.2) is 10.1 Å². The number of methoxy groups -OCH3 is 1. The molecule has 3 rings (SSSR count). The van der Waals surface area contributed by atoms with E-state index in [-0.39, 0.29) is 11.3 Å². The number of ether oxygens (including phenoxy) is 1. The minimum atomic E-state index is -0.471. The van der Waals surface area contributed by atoms with Crippen LogP contribution in [0.4, 0.5) is 0 Å². The molecule has 0 aliphatic heterocycles. The summed E-state index contributed by atoms with van der Waals surface area (Å²) in [6, 6.07) is 14.3. The Morgan fingerprint density at radius 1 is 1.15 bits per heavy atom. The Hall–Kier alpha value is -3.48. The molecular weight excluding hydrogens is 344 g/mol. The number of hydrogen-bond acceptors (Lipinski definition) is 5. The third-order valence-corrected chi connectivity index (χ3v) is 4.22. The summed E-state index contributed by atoms with van der Waals surface area (Å²) in [6.45, 7) is 3.97. The average molecular weight is 364 g/mol. The van der Waals surface area contributed by atoms with Crippen LogP contribution in [0.5, 0.6) is 5.75 Å². The van der Waals surface area contributed by atoms with Gasteiger partial charge in [-0.15, -0.1) is 0 Å². The molecule has 0 unspecified atom stereocenters. The van der Waals surface area contributed by atoms with E-state index in [1.807, 2.05) is 24.3 Å². The van der Waals surface area contributed by atoms with Gasteiger partial charge in [0.25, 0.3) is 11.5 Å². The standard InChI is InChI=1S/C20H20N4O3/c1-4-24-20(26)17-8-6-5-7-16(17)18(23-24)19(25)22-21-13(2)14-9-11-15(27-3)12-10-14/h5-12H,4H2,1-3H3,(H,22,25)/b21-13+. The molecule has 3 aromatic rings. The zero-order valence-electron chi connectivity index (χ0n) is 15.4. The fraction of sp³-hybridized carbons (Fsp3) is 0.200. The number of aryl methyl sites for hydroxylation is 1. The number of benzene rings is 2. The number of nitrogens with one attached hydrogen (secondary N) is 1. The number of hydrogen-bond donors (Lipinski definition) is 1. The number of fused-ring (bicyclic) bond motifs is 1. The molecule has 0 radical (unpaired) electrons. The van der Waals surface area contributed by atoms with Crippen LogP contribution in [0.25, 0.3) is 10.8 Å². The van der Waals surface area contributed by atoms with Crippen molar-refractivity contribution in [3.8, 4) is 5.75 Å². The minimum absolute atomic E-state index is 0.165. The van der Waals surface area contributed by atoms with Gasteiger partial charge in [0.2, 0.25) is 0 Å². The molecule has 0 saturated heterocycles. The van der Waals surface area contributed by atoms with Gasteiger partial charge in [0.1, 0.15) is 5.75 Å². The topological polar surface area (TPSA) is 85.6 Å². The van der Waals surface area contributed by atoms with Crippen molar-refractivity contribution in [2.45, 2.75) is 20.4 Å². The zero-order chi connectivity index (χ0) is 19.4. The largest absolute Gasteiger partial charge is 0.497 e. The molecular formula is C20H20N4O3. The smallest absolute Gasteiger partial charge is 0.292 e. The highest BCUT2D eigenvalue weighted by molar-refractivity contribution is 6.06. The first-order valence-corrected chi connectivity index (χ1v) is 8.54. The van der Waals surface area contributed by atoms with E-state index in [0.717, 1.165) is 11.3 Å². The molecule has 0 atom stereocenters. The maximum Gasteiger partial charge on any atom is 0.292 e. The summed E-state index contributed by atoms with van der Waals surface area (Å²) in [5.41, 5.74) is 3.97. The number of aromatic nitrogens is 2. The van der Waals surface area contributed by atoms with E-state index in [9.17, 15) is 9.59 Å². The third-order valence-electron chi connectivity index (χ3n) is 4.22. The quantitative estimate of drug-likeness (QED) is 0.557. The second kappa shape index (κ2) is 7.82. The van der Waals surface area contributed by atoms with Crippen molar-refractivity contribution >= 4 is 22.4 Å². The molecule has 1 heterocycles. The number of carbonyl (C=O) groups is 1. The van der Waals surface area contributed by atoms with Crippen molar-refractivity contribution in [2.24, 2.45) is 5.10 Å². The fourth-order valence-electron chi connectivity index (χ4n) is 2.70. The summed E-state index contributed by atoms with van der Waals surface area (Å²) < 4.78 is 6.41. The summed E-state index contributed by atoms with van der Waals surface area (Å²) in [6.07, 6.45) is 0. The number of amides is 1. The van der Waals surface area contributed by atoms with E-state index in [4.69, 9.17) is 4.74 Å². The van der Waals surface area contributed by atoms with E-state index >= 15 is 0 Å². The van der Waals surface area contributed by atoms with Gasteiger partial charge in [-0.1, -0.05) is 18.2 Å². The Kier molecular flexibility index (Phi) is 5.30. The Morgan fingerprint density at radius 3 is 2.44 bits per heavy atom. The molecule has 0 aliphatic carbocycles. The average Bonchev–Trinajstić information content (AvgIpc) is 2.72. The summed E-state index contributed by atoms with van der Waals surface area (Å²) in [4.78, 5) is 25.0. The number of hydrazone groups is 1. The fourth-order valence-corrected chi connectivity index (χ4v) is 2.70. The van der Waals surface area contributed by atoms with E-state index in [1.54, 1.807) is 45.2 Å². The van der Waals surface area contributed by atoms with E-state index < -0.39 is 5.91 Å². The lowest BCUT2D eigenvalue weighted by molar-refractivity contribution is 0.0949. The second-order valence-electron chi connectivity index (χ2n) is 5.88. The predicted octanol–water partition coefficient (Wildman–Crippen LogP) is 2.58. The van der Waals surface area contributed by atoms with Gasteiger partial charge in [-0.2, -0.15) is 10.2 Å². The molecule has 27 heavy (non-hydrogen) atoms. The predicted molar refractivity (Wildman–Crippen MR) is 104 cm³/mol. The van der Waals surface area contributed by atoms with Crippen molar-refractivity contribution < 1.29 is 9.53 Å². The van der Waals surface area contributed by atoms with Crippen molar-refractivity contribution in [3.05, 3.63) is 70.1 Å². The number of rotatable bonds is 5. The van der Waals surface area contributed by atoms with Gasteiger partial charge in [0.05, 0.1) is 18.2 Å². The summed E-state index contributed by atoms with van der Waals surface area (Å²) >= 11 is 0. The molecule has 138 valence electrons. The Balaban J connectivity index is 1.92. The Bertz CT molecular complexity index is 1070. The lowest BCUT2D eigenvalue weighted by Crippen LogP contribution is -2.28. The van der Waals surface area contributed by atoms with Crippen molar-refractivity contribution in [2.75, 3.05) is 7.11 Å². The van der Waals surface area contributed by atoms with Crippen LogP contribution in [-0.2, 0) is 6.54 Å². The maximum atomic E-state index is 12.7. The molecule has 1 amide bonds. The molecule has 0 spiro atoms. The first kappa shape index (κ1) is 18.3. The van der Waals surface area contributed by atoms with Crippen LogP contribution in [0.15, 0.2) is 58.4 Å². The highest BCUT2D eigenvalue weighted by Crippen LogP contribution is 2.14. The Morgan fingerprint density at radius 2 is 1.81 bits per heavy atom. The van der Waals surface area contributed by atoms with Crippen LogP contribution in [-0.4, -0.2) is 28.5 Å². The van der Waals surface area contributed by atoms with Gasteiger partial charge in [-0.3, -0.25) is 9.59 Å². The zero-order valence-corrected chi connectivity index (χ0v) is 15.4. The molecule has 1 N–H and O–H groups in total. The number of nitrogens with zero attached hydrogens (tertiary/aromatic N) is 3. The van der Waals surface area contributed by atoms with Gasteiger partial charge < -0.3 is 4.74 Å². The highest BCUT2D eigenvalue weighted by Gasteiger charge is 2.16. The van der Waals surface area contributed by atoms with E-state index in [1.165, 1.54) is 4.68 Å². The first-order valence-electron chi connectivity index (χ1n) is 8.54. The molecule has 0 aliphatic rings. The molecule has 0 bridgehead atoms. The van der Waals surface area contributed by atoms with Gasteiger partial charge >= 0.3 is 0 Å². The van der Waals surface area contributed by atoms with Crippen molar-refractivity contribution in [1.82, 2.24) is 15.2 Å². The van der Waals surface area contributed by atoms with Crippen LogP contribution >= 0.6 is 0 Å². The number of carbonyl (C=O) groups excluding carboxylic acids is 1. The molecule has 2 aromatic carbocycles. The van der Waals surface area contributed by atoms with Crippen molar-refractivity contribution in [3.63, 3.8) is 0 Å². The second-order valence-corrected chi connectivity index (χ2v) is 5.88. The van der Waals surface area contributed by atoms with Crippen molar-refractivity contribution in [1.29, 1.82) is 0 Å². The summed E-state index contributed by atoms with van der Waals surface area (Å²) in [5.74, 6) is 0.273. The highest BCUT2D eigenvalue weighted by atomic mass is 16.5. The van der Waals surface area contributed by atoms with Crippen LogP contribution in [0.1, 0.15) is 29.9 Å². The van der Waals surface area contributed by atoms with Gasteiger partial charge in [0, 0.05) is 11.9 Å². The van der Waals surface area contributed by atoms with Gasteiger partial charge in [0.15, 0.2) is 5.69 Å². The van der Waals surface area contributed by atoms with E-state index in [0.29, 0.717) is 23.0 Å². The third kappa shape index (κ3) is 3.72. The van der Waals surface area contributed by atoms with Crippen LogP contribution < -0.4 is 15.7 Å². The first-order chi connectivity index (χ1) is 13.0. The maximum absolute atomic E-state index is 12.7. The summed E-state index contributed by atoms with van der Waals surface area (Å²) in [5, 5.41) is 9.31. The molecule has 7 nitrogen and oxygen atoms in total. The minimum Gasteiger partial charge on any atom is -0.497 e. The lowest BCUT2D eigenvalue weighted by Gasteiger charge is -2.09. The molecule has 0 fully saturated rings. The van der Waals surface area contributed by atoms with Crippen LogP contribution in [0.3, 0.4) is 0 Å². The van der Waals surface area contributed by atoms with Gasteiger partial charge in [-0.05, 0) is 49.7 Å².